The van der Waals surface area contributed by atoms with Crippen molar-refractivity contribution in [1.82, 2.24) is 19.8 Å². The van der Waals surface area contributed by atoms with Crippen molar-refractivity contribution < 1.29 is 23.3 Å². The third-order valence-electron chi connectivity index (χ3n) is 10.1. The Morgan fingerprint density at radius 2 is 1.42 bits per heavy atom. The zero-order valence-corrected chi connectivity index (χ0v) is 29.7. The van der Waals surface area contributed by atoms with Gasteiger partial charge in [-0.1, -0.05) is 97.1 Å². The molecule has 1 unspecified atom stereocenters. The van der Waals surface area contributed by atoms with Crippen molar-refractivity contribution in [3.05, 3.63) is 142 Å². The fourth-order valence-corrected chi connectivity index (χ4v) is 9.62. The van der Waals surface area contributed by atoms with Gasteiger partial charge in [0, 0.05) is 12.7 Å². The Bertz CT molecular complexity index is 2120. The minimum atomic E-state index is -3.93. The molecule has 5 aromatic rings. The predicted molar refractivity (Wildman–Crippen MR) is 198 cm³/mol. The van der Waals surface area contributed by atoms with Gasteiger partial charge in [-0.15, -0.1) is 0 Å². The average molecular weight is 717 g/mol. The van der Waals surface area contributed by atoms with Crippen molar-refractivity contribution in [2.24, 2.45) is 4.36 Å². The number of hydrogen-bond acceptors (Lipinski definition) is 7. The highest BCUT2D eigenvalue weighted by Crippen LogP contribution is 2.44. The first-order chi connectivity index (χ1) is 25.4. The lowest BCUT2D eigenvalue weighted by molar-refractivity contribution is 0.0300. The molecule has 0 bridgehead atoms. The quantitative estimate of drug-likeness (QED) is 0.156. The maximum Gasteiger partial charge on any atom is 0.407 e. The van der Waals surface area contributed by atoms with E-state index in [0.717, 1.165) is 72.0 Å². The minimum Gasteiger partial charge on any atom is -0.473 e. The second kappa shape index (κ2) is 13.8. The van der Waals surface area contributed by atoms with Gasteiger partial charge in [0.15, 0.2) is 16.0 Å². The molecule has 52 heavy (non-hydrogen) atoms. The lowest BCUT2D eigenvalue weighted by Gasteiger charge is -2.33. The summed E-state index contributed by atoms with van der Waals surface area (Å²) in [4.78, 5) is 26.5. The zero-order chi connectivity index (χ0) is 35.7. The number of ether oxygens (including phenoxy) is 2. The Balaban J connectivity index is 1.31. The number of nitrogens with zero attached hydrogens (tertiary/aromatic N) is 3. The number of benzene rings is 4. The number of anilines is 1. The minimum absolute atomic E-state index is 0.00266. The van der Waals surface area contributed by atoms with Crippen molar-refractivity contribution in [2.75, 3.05) is 19.0 Å². The number of rotatable bonds is 8. The van der Waals surface area contributed by atoms with E-state index in [1.54, 1.807) is 0 Å². The molecule has 2 aliphatic carbocycles. The van der Waals surface area contributed by atoms with Crippen molar-refractivity contribution in [3.63, 3.8) is 0 Å². The summed E-state index contributed by atoms with van der Waals surface area (Å²) in [6.07, 6.45) is 5.95. The zero-order valence-electron chi connectivity index (χ0n) is 28.8. The van der Waals surface area contributed by atoms with E-state index in [1.807, 2.05) is 91.0 Å². The maximum absolute atomic E-state index is 16.1. The summed E-state index contributed by atoms with van der Waals surface area (Å²) in [5.41, 5.74) is 6.57. The molecule has 0 saturated heterocycles. The third-order valence-corrected chi connectivity index (χ3v) is 12.0. The summed E-state index contributed by atoms with van der Waals surface area (Å²) in [5, 5.41) is 10.1. The Labute approximate surface area is 303 Å². The van der Waals surface area contributed by atoms with Gasteiger partial charge in [-0.2, -0.15) is 9.46 Å². The van der Waals surface area contributed by atoms with Crippen molar-refractivity contribution in [2.45, 2.75) is 61.6 Å². The van der Waals surface area contributed by atoms with Crippen LogP contribution in [0.4, 0.5) is 15.3 Å². The summed E-state index contributed by atoms with van der Waals surface area (Å²) in [6, 6.07) is 30.6. The number of nitrogens with one attached hydrogen (secondary N) is 3. The van der Waals surface area contributed by atoms with E-state index in [-0.39, 0.29) is 23.9 Å². The maximum atomic E-state index is 16.1. The van der Waals surface area contributed by atoms with Crippen LogP contribution < -0.4 is 20.1 Å². The second-order valence-electron chi connectivity index (χ2n) is 13.3. The third kappa shape index (κ3) is 6.06. The number of aromatic nitrogens is 2. The summed E-state index contributed by atoms with van der Waals surface area (Å²) in [6.45, 7) is 0.158. The van der Waals surface area contributed by atoms with Gasteiger partial charge in [-0.05, 0) is 77.5 Å². The molecule has 3 N–H and O–H groups in total. The highest BCUT2D eigenvalue weighted by molar-refractivity contribution is 7.92. The molecule has 0 radical (unpaired) electrons. The number of amides is 3. The Hall–Kier alpha value is -5.62. The van der Waals surface area contributed by atoms with E-state index in [0.29, 0.717) is 0 Å². The molecule has 2 heterocycles. The van der Waals surface area contributed by atoms with Crippen molar-refractivity contribution in [3.8, 4) is 5.88 Å². The molecule has 8 rings (SSSR count). The normalized spacial score (nSPS) is 17.1. The van der Waals surface area contributed by atoms with E-state index in [1.165, 1.54) is 29.1 Å². The lowest BCUT2D eigenvalue weighted by atomic mass is 9.78. The first kappa shape index (κ1) is 33.5. The number of fused-ring (bicyclic) bond motifs is 3. The number of urea groups is 1. The van der Waals surface area contributed by atoms with Crippen LogP contribution in [0.15, 0.2) is 113 Å². The topological polar surface area (TPSA) is 136 Å². The number of aryl methyl sites for hydroxylation is 2. The molecule has 266 valence electrons. The van der Waals surface area contributed by atoms with Crippen LogP contribution in [-0.2, 0) is 52.4 Å². The highest BCUT2D eigenvalue weighted by atomic mass is 32.2. The van der Waals surface area contributed by atoms with Gasteiger partial charge in [0.25, 0.3) is 0 Å². The first-order valence-corrected chi connectivity index (χ1v) is 19.2. The molecule has 0 fully saturated rings. The van der Waals surface area contributed by atoms with Crippen LogP contribution in [0.1, 0.15) is 51.8 Å². The Kier molecular flexibility index (Phi) is 8.92. The van der Waals surface area contributed by atoms with Crippen molar-refractivity contribution in [1.29, 1.82) is 0 Å². The highest BCUT2D eigenvalue weighted by Gasteiger charge is 2.41. The van der Waals surface area contributed by atoms with Crippen molar-refractivity contribution >= 4 is 27.7 Å². The molecule has 1 aliphatic heterocycles. The van der Waals surface area contributed by atoms with Gasteiger partial charge >= 0.3 is 12.1 Å². The summed E-state index contributed by atoms with van der Waals surface area (Å²) in [5.74, 6) is 0.176. The molecule has 11 nitrogen and oxygen atoms in total. The molecular formula is C40H40N6O5S. The van der Waals surface area contributed by atoms with Gasteiger partial charge in [0.05, 0.1) is 12.7 Å². The Morgan fingerprint density at radius 1 is 0.865 bits per heavy atom. The molecule has 0 saturated carbocycles. The van der Waals surface area contributed by atoms with E-state index in [4.69, 9.17) is 13.8 Å². The molecule has 3 amide bonds. The van der Waals surface area contributed by atoms with Crippen LogP contribution in [0, 0.1) is 0 Å². The molecule has 0 spiro atoms. The summed E-state index contributed by atoms with van der Waals surface area (Å²) < 4.78 is 37.3. The number of alkyl carbamates (subject to hydrolysis) is 1. The van der Waals surface area contributed by atoms with Gasteiger partial charge in [0.1, 0.15) is 17.0 Å². The van der Waals surface area contributed by atoms with Crippen LogP contribution in [-0.4, -0.2) is 45.9 Å². The molecule has 1 aromatic heterocycles. The second-order valence-corrected chi connectivity index (χ2v) is 15.2. The molecule has 12 heteroatoms. The monoisotopic (exact) mass is 716 g/mol. The van der Waals surface area contributed by atoms with E-state index in [9.17, 15) is 9.59 Å². The number of hydrogen-bond donors (Lipinski definition) is 3. The predicted octanol–water partition coefficient (Wildman–Crippen LogP) is 6.53. The van der Waals surface area contributed by atoms with Crippen LogP contribution in [0.5, 0.6) is 5.88 Å². The van der Waals surface area contributed by atoms with Crippen LogP contribution >= 0.6 is 0 Å². The standard InChI is InChI=1S/C40H40N6O5S/c1-41-39(48)51-32-25-46-37(50-26-32)35(24-42-46)52(49,44-38(47)43-36-33-21-11-13-27(33)23-28-14-12-22-34(28)36)45-40(29-15-5-2-6-16-29,30-17-7-3-8-18-30)31-19-9-4-10-20-31/h2-10,15-20,23-24,32H,11-14,21-22,25-26H2,1H3,(H,41,48)(H2,43,44,45,47,49)/t32-,52?/m0/s1. The van der Waals surface area contributed by atoms with Crippen LogP contribution in [0.2, 0.25) is 0 Å². The lowest BCUT2D eigenvalue weighted by Crippen LogP contribution is -2.39. The number of carbonyl (C=O) groups excluding carboxylic acids is 2. The van der Waals surface area contributed by atoms with Crippen LogP contribution in [0.25, 0.3) is 0 Å². The van der Waals surface area contributed by atoms with Gasteiger partial charge in [-0.25, -0.2) is 23.2 Å². The van der Waals surface area contributed by atoms with Gasteiger partial charge in [0.2, 0.25) is 5.88 Å². The largest absolute Gasteiger partial charge is 0.473 e. The molecule has 2 atom stereocenters. The molecular weight excluding hydrogens is 677 g/mol. The SMILES string of the molecule is CNC(=O)O[C@@H]1COc2c(S(=O)(=NC(c3ccccc3)(c3ccccc3)c3ccccc3)NC(=O)Nc3c4c(cc5c3CCC5)CCC4)cnn2C1. The fourth-order valence-electron chi connectivity index (χ4n) is 7.77. The van der Waals surface area contributed by atoms with E-state index < -0.39 is 33.7 Å². The van der Waals surface area contributed by atoms with Crippen LogP contribution in [0.3, 0.4) is 0 Å². The number of carbonyl (C=O) groups is 2. The summed E-state index contributed by atoms with van der Waals surface area (Å²) in [7, 11) is -2.45. The van der Waals surface area contributed by atoms with Gasteiger partial charge < -0.3 is 20.1 Å². The fraction of sp³-hybridized carbons (Fsp3) is 0.275. The first-order valence-electron chi connectivity index (χ1n) is 17.6. The average Bonchev–Trinajstić information content (AvgIpc) is 3.95. The molecule has 3 aliphatic rings. The van der Waals surface area contributed by atoms with E-state index in [2.05, 4.69) is 26.5 Å². The smallest absolute Gasteiger partial charge is 0.407 e. The summed E-state index contributed by atoms with van der Waals surface area (Å²) >= 11 is 0. The Morgan fingerprint density at radius 3 is 1.96 bits per heavy atom. The molecule has 4 aromatic carbocycles. The van der Waals surface area contributed by atoms with Gasteiger partial charge in [-0.3, -0.25) is 0 Å². The van der Waals surface area contributed by atoms with E-state index >= 15 is 4.21 Å².